The van der Waals surface area contributed by atoms with Gasteiger partial charge in [0.15, 0.2) is 28.8 Å². The summed E-state index contributed by atoms with van der Waals surface area (Å²) in [6.45, 7) is 4.27. The number of ketones is 1. The van der Waals surface area contributed by atoms with Gasteiger partial charge < -0.3 is 33.2 Å². The highest BCUT2D eigenvalue weighted by Crippen LogP contribution is 2.41. The van der Waals surface area contributed by atoms with Crippen LogP contribution >= 0.6 is 0 Å². The van der Waals surface area contributed by atoms with Crippen LogP contribution in [0.3, 0.4) is 0 Å². The zero-order valence-electron chi connectivity index (χ0n) is 22.7. The fourth-order valence-corrected chi connectivity index (χ4v) is 3.96. The minimum Gasteiger partial charge on any atom is -0.496 e. The number of hydrogen-bond acceptors (Lipinski definition) is 8. The summed E-state index contributed by atoms with van der Waals surface area (Å²) < 4.78 is 38.0. The van der Waals surface area contributed by atoms with E-state index in [0.29, 0.717) is 51.4 Å². The Morgan fingerprint density at radius 2 is 1.03 bits per heavy atom. The predicted molar refractivity (Wildman–Crippen MR) is 147 cm³/mol. The summed E-state index contributed by atoms with van der Waals surface area (Å²) in [6.07, 6.45) is 3.15. The van der Waals surface area contributed by atoms with Gasteiger partial charge in [-0.1, -0.05) is 12.6 Å². The number of carbonyl (C=O) groups is 1. The van der Waals surface area contributed by atoms with Crippen LogP contribution in [0.2, 0.25) is 0 Å². The molecule has 38 heavy (non-hydrogen) atoms. The Hall–Kier alpha value is -4.59. The maximum Gasteiger partial charge on any atom is 0.203 e. The lowest BCUT2D eigenvalue weighted by Crippen LogP contribution is -2.00. The summed E-state index contributed by atoms with van der Waals surface area (Å²) >= 11 is 0. The third kappa shape index (κ3) is 5.70. The molecule has 3 rings (SSSR count). The van der Waals surface area contributed by atoms with Gasteiger partial charge >= 0.3 is 0 Å². The molecule has 0 atom stereocenters. The maximum absolute atomic E-state index is 13.1. The second-order valence-corrected chi connectivity index (χ2v) is 7.96. The van der Waals surface area contributed by atoms with Crippen LogP contribution in [0.4, 0.5) is 0 Å². The van der Waals surface area contributed by atoms with Gasteiger partial charge in [-0.3, -0.25) is 4.79 Å². The molecule has 8 nitrogen and oxygen atoms in total. The van der Waals surface area contributed by atoms with E-state index in [0.717, 1.165) is 16.7 Å². The maximum atomic E-state index is 13.1. The summed E-state index contributed by atoms with van der Waals surface area (Å²) in [5, 5.41) is 0. The molecule has 0 aliphatic rings. The first-order valence-electron chi connectivity index (χ1n) is 11.6. The Morgan fingerprint density at radius 3 is 1.45 bits per heavy atom. The summed E-state index contributed by atoms with van der Waals surface area (Å²) in [4.78, 5) is 13.1. The summed E-state index contributed by atoms with van der Waals surface area (Å²) in [5.41, 5.74) is 3.40. The van der Waals surface area contributed by atoms with Crippen molar-refractivity contribution in [1.29, 1.82) is 0 Å². The average molecular weight is 521 g/mol. The largest absolute Gasteiger partial charge is 0.496 e. The van der Waals surface area contributed by atoms with Crippen LogP contribution in [0.15, 0.2) is 55.1 Å². The molecule has 0 fully saturated rings. The van der Waals surface area contributed by atoms with Gasteiger partial charge in [-0.15, -0.1) is 0 Å². The lowest BCUT2D eigenvalue weighted by Gasteiger charge is -2.16. The molecule has 200 valence electrons. The first kappa shape index (κ1) is 28.0. The topological polar surface area (TPSA) is 81.7 Å². The van der Waals surface area contributed by atoms with Crippen molar-refractivity contribution in [3.8, 4) is 40.2 Å². The first-order chi connectivity index (χ1) is 18.3. The summed E-state index contributed by atoms with van der Waals surface area (Å²) in [6, 6.07) is 12.5. The highest BCUT2D eigenvalue weighted by atomic mass is 16.5. The molecule has 0 heterocycles. The molecule has 0 saturated carbocycles. The highest BCUT2D eigenvalue weighted by molar-refractivity contribution is 6.07. The van der Waals surface area contributed by atoms with E-state index < -0.39 is 0 Å². The molecule has 0 saturated heterocycles. The van der Waals surface area contributed by atoms with E-state index in [4.69, 9.17) is 33.2 Å². The Balaban J connectivity index is 1.98. The lowest BCUT2D eigenvalue weighted by atomic mass is 9.96. The van der Waals surface area contributed by atoms with Crippen molar-refractivity contribution in [2.24, 2.45) is 0 Å². The highest BCUT2D eigenvalue weighted by Gasteiger charge is 2.17. The number of benzene rings is 3. The van der Waals surface area contributed by atoms with Gasteiger partial charge in [0.25, 0.3) is 0 Å². The zero-order chi connectivity index (χ0) is 27.8. The predicted octanol–water partition coefficient (Wildman–Crippen LogP) is 5.70. The SMILES string of the molecule is C=C(c1ccc(OC)c(/C=C/C(=O)c2cc(OC)c(OC)c(OC)c2)c1)c1cc(OC)c(OC)c(OC)c1. The van der Waals surface area contributed by atoms with E-state index in [-0.39, 0.29) is 5.78 Å². The third-order valence-electron chi connectivity index (χ3n) is 5.95. The van der Waals surface area contributed by atoms with E-state index in [1.54, 1.807) is 46.6 Å². The van der Waals surface area contributed by atoms with Crippen LogP contribution in [0, 0.1) is 0 Å². The quantitative estimate of drug-likeness (QED) is 0.222. The molecule has 0 amide bonds. The Labute approximate surface area is 223 Å². The number of hydrogen-bond donors (Lipinski definition) is 0. The number of allylic oxidation sites excluding steroid dienone is 1. The van der Waals surface area contributed by atoms with Crippen molar-refractivity contribution >= 4 is 17.4 Å². The molecule has 8 heteroatoms. The molecular weight excluding hydrogens is 488 g/mol. The van der Waals surface area contributed by atoms with Crippen molar-refractivity contribution in [3.63, 3.8) is 0 Å². The van der Waals surface area contributed by atoms with E-state index in [2.05, 4.69) is 6.58 Å². The smallest absolute Gasteiger partial charge is 0.203 e. The molecule has 0 spiro atoms. The first-order valence-corrected chi connectivity index (χ1v) is 11.6. The lowest BCUT2D eigenvalue weighted by molar-refractivity contribution is 0.104. The van der Waals surface area contributed by atoms with E-state index in [9.17, 15) is 4.79 Å². The monoisotopic (exact) mass is 520 g/mol. The van der Waals surface area contributed by atoms with Gasteiger partial charge in [0.05, 0.1) is 49.8 Å². The molecule has 0 bridgehead atoms. The standard InChI is InChI=1S/C30H32O8/c1-18(21-14-25(33-3)29(37-7)26(15-21)34-4)19-10-12-24(32-2)20(13-19)9-11-23(31)22-16-27(35-5)30(38-8)28(17-22)36-6/h9-17H,1H2,2-8H3/b11-9+. The molecule has 3 aromatic rings. The van der Waals surface area contributed by atoms with E-state index in [1.807, 2.05) is 30.3 Å². The third-order valence-corrected chi connectivity index (χ3v) is 5.95. The van der Waals surface area contributed by atoms with Crippen molar-refractivity contribution in [3.05, 3.63) is 77.4 Å². The fourth-order valence-electron chi connectivity index (χ4n) is 3.96. The second kappa shape index (κ2) is 12.6. The van der Waals surface area contributed by atoms with Crippen molar-refractivity contribution < 1.29 is 38.0 Å². The van der Waals surface area contributed by atoms with E-state index >= 15 is 0 Å². The molecule has 0 aliphatic heterocycles. The van der Waals surface area contributed by atoms with Crippen molar-refractivity contribution in [1.82, 2.24) is 0 Å². The van der Waals surface area contributed by atoms with Crippen LogP contribution in [-0.2, 0) is 0 Å². The van der Waals surface area contributed by atoms with Gasteiger partial charge in [-0.05, 0) is 65.3 Å². The molecule has 0 unspecified atom stereocenters. The van der Waals surface area contributed by atoms with Gasteiger partial charge in [-0.25, -0.2) is 0 Å². The number of ether oxygens (including phenoxy) is 7. The normalized spacial score (nSPS) is 10.6. The number of carbonyl (C=O) groups excluding carboxylic acids is 1. The molecule has 0 aromatic heterocycles. The minimum atomic E-state index is -0.250. The molecule has 0 N–H and O–H groups in total. The Morgan fingerprint density at radius 1 is 0.579 bits per heavy atom. The van der Waals surface area contributed by atoms with Gasteiger partial charge in [0.2, 0.25) is 11.5 Å². The van der Waals surface area contributed by atoms with Crippen LogP contribution < -0.4 is 33.2 Å². The van der Waals surface area contributed by atoms with Crippen LogP contribution in [0.1, 0.15) is 27.0 Å². The van der Waals surface area contributed by atoms with E-state index in [1.165, 1.54) is 27.4 Å². The average Bonchev–Trinajstić information content (AvgIpc) is 2.97. The van der Waals surface area contributed by atoms with Crippen LogP contribution in [0.25, 0.3) is 11.6 Å². The fraction of sp³-hybridized carbons (Fsp3) is 0.233. The Kier molecular flexibility index (Phi) is 9.27. The summed E-state index contributed by atoms with van der Waals surface area (Å²) in [5.74, 6) is 3.08. The molecule has 0 radical (unpaired) electrons. The van der Waals surface area contributed by atoms with Gasteiger partial charge in [0.1, 0.15) is 5.75 Å². The van der Waals surface area contributed by atoms with Gasteiger partial charge in [-0.2, -0.15) is 0 Å². The van der Waals surface area contributed by atoms with Crippen molar-refractivity contribution in [2.45, 2.75) is 0 Å². The molecular formula is C30H32O8. The van der Waals surface area contributed by atoms with Crippen LogP contribution in [0.5, 0.6) is 40.2 Å². The minimum absolute atomic E-state index is 0.250. The number of methoxy groups -OCH3 is 7. The molecule has 0 aliphatic carbocycles. The number of rotatable bonds is 12. The van der Waals surface area contributed by atoms with Crippen LogP contribution in [-0.4, -0.2) is 55.6 Å². The van der Waals surface area contributed by atoms with Crippen molar-refractivity contribution in [2.75, 3.05) is 49.8 Å². The summed E-state index contributed by atoms with van der Waals surface area (Å²) in [7, 11) is 10.7. The van der Waals surface area contributed by atoms with Gasteiger partial charge in [0, 0.05) is 11.1 Å². The molecule has 3 aromatic carbocycles. The second-order valence-electron chi connectivity index (χ2n) is 7.96. The Bertz CT molecular complexity index is 1310. The zero-order valence-corrected chi connectivity index (χ0v) is 22.7.